The molecule has 144 valence electrons. The maximum atomic E-state index is 12.5. The first-order valence-corrected chi connectivity index (χ1v) is 9.23. The summed E-state index contributed by atoms with van der Waals surface area (Å²) in [6.45, 7) is 2.27. The van der Waals surface area contributed by atoms with E-state index in [9.17, 15) is 14.4 Å². The smallest absolute Gasteiger partial charge is 0.263 e. The van der Waals surface area contributed by atoms with Gasteiger partial charge in [-0.15, -0.1) is 0 Å². The highest BCUT2D eigenvalue weighted by atomic mass is 16.2. The molecule has 1 aliphatic rings. The summed E-state index contributed by atoms with van der Waals surface area (Å²) in [7, 11) is 0. The maximum Gasteiger partial charge on any atom is 0.263 e. The summed E-state index contributed by atoms with van der Waals surface area (Å²) in [5.74, 6) is 0.568. The number of nitrogens with zero attached hydrogens (tertiary/aromatic N) is 2. The highest BCUT2D eigenvalue weighted by Crippen LogP contribution is 2.27. The van der Waals surface area contributed by atoms with Gasteiger partial charge < -0.3 is 20.2 Å². The molecule has 0 unspecified atom stereocenters. The minimum atomic E-state index is -0.481. The van der Waals surface area contributed by atoms with E-state index in [1.165, 1.54) is 16.8 Å². The molecule has 1 aromatic carbocycles. The van der Waals surface area contributed by atoms with Gasteiger partial charge in [0.15, 0.2) is 0 Å². The largest absolute Gasteiger partial charge is 0.352 e. The van der Waals surface area contributed by atoms with Crippen molar-refractivity contribution in [2.24, 2.45) is 5.92 Å². The van der Waals surface area contributed by atoms with E-state index in [1.807, 2.05) is 13.0 Å². The fraction of sp³-hybridized carbons (Fsp3) is 0.300. The highest BCUT2D eigenvalue weighted by Gasteiger charge is 2.22. The molecular weight excluding hydrogens is 358 g/mol. The van der Waals surface area contributed by atoms with Crippen LogP contribution in [0.15, 0.2) is 41.3 Å². The molecule has 2 aromatic heterocycles. The zero-order chi connectivity index (χ0) is 19.7. The van der Waals surface area contributed by atoms with Crippen molar-refractivity contribution in [2.75, 3.05) is 11.9 Å². The van der Waals surface area contributed by atoms with Crippen molar-refractivity contribution in [3.63, 3.8) is 0 Å². The summed E-state index contributed by atoms with van der Waals surface area (Å²) in [6, 6.07) is 8.43. The van der Waals surface area contributed by atoms with Gasteiger partial charge in [0.2, 0.25) is 5.91 Å². The third-order valence-electron chi connectivity index (χ3n) is 4.71. The summed E-state index contributed by atoms with van der Waals surface area (Å²) in [5.41, 5.74) is 1.81. The lowest BCUT2D eigenvalue weighted by atomic mass is 10.2. The van der Waals surface area contributed by atoms with Gasteiger partial charge in [-0.1, -0.05) is 0 Å². The number of benzene rings is 1. The summed E-state index contributed by atoms with van der Waals surface area (Å²) in [4.78, 5) is 44.6. The number of hydrogen-bond donors (Lipinski definition) is 3. The molecule has 0 radical (unpaired) electrons. The molecule has 2 amide bonds. The lowest BCUT2D eigenvalue weighted by Crippen LogP contribution is -2.35. The number of carbonyl (C=O) groups excluding carboxylic acids is 2. The van der Waals surface area contributed by atoms with Crippen LogP contribution in [0.25, 0.3) is 11.0 Å². The van der Waals surface area contributed by atoms with Crippen LogP contribution in [-0.2, 0) is 11.3 Å². The number of hydrogen-bond acceptors (Lipinski definition) is 4. The highest BCUT2D eigenvalue weighted by molar-refractivity contribution is 5.94. The van der Waals surface area contributed by atoms with Gasteiger partial charge in [-0.05, 0) is 56.0 Å². The average molecular weight is 379 g/mol. The Bertz CT molecular complexity index is 1110. The summed E-state index contributed by atoms with van der Waals surface area (Å²) in [6.07, 6.45) is 3.73. The van der Waals surface area contributed by atoms with Crippen LogP contribution in [0.4, 0.5) is 5.69 Å². The van der Waals surface area contributed by atoms with E-state index >= 15 is 0 Å². The van der Waals surface area contributed by atoms with Gasteiger partial charge in [0.1, 0.15) is 17.9 Å². The molecular formula is C20H21N5O3. The number of H-pyrrole nitrogens is 1. The molecule has 8 heteroatoms. The van der Waals surface area contributed by atoms with Gasteiger partial charge in [0.05, 0.1) is 11.0 Å². The first-order valence-electron chi connectivity index (χ1n) is 9.23. The Morgan fingerprint density at radius 2 is 2.11 bits per heavy atom. The molecule has 8 nitrogen and oxygen atoms in total. The zero-order valence-corrected chi connectivity index (χ0v) is 15.5. The second kappa shape index (κ2) is 7.30. The summed E-state index contributed by atoms with van der Waals surface area (Å²) < 4.78 is 1.24. The fourth-order valence-electron chi connectivity index (χ4n) is 3.06. The number of anilines is 1. The van der Waals surface area contributed by atoms with Gasteiger partial charge in [-0.2, -0.15) is 0 Å². The van der Waals surface area contributed by atoms with Crippen molar-refractivity contribution in [2.45, 2.75) is 26.3 Å². The number of aryl methyl sites for hydroxylation is 1. The molecule has 0 spiro atoms. The number of aromatic nitrogens is 3. The van der Waals surface area contributed by atoms with Crippen molar-refractivity contribution < 1.29 is 9.59 Å². The van der Waals surface area contributed by atoms with Gasteiger partial charge >= 0.3 is 0 Å². The van der Waals surface area contributed by atoms with Gasteiger partial charge in [-0.25, -0.2) is 4.98 Å². The second-order valence-corrected chi connectivity index (χ2v) is 7.11. The molecule has 1 fully saturated rings. The Morgan fingerprint density at radius 3 is 2.89 bits per heavy atom. The first-order chi connectivity index (χ1) is 13.5. The zero-order valence-electron chi connectivity index (χ0n) is 15.5. The monoisotopic (exact) mass is 379 g/mol. The molecule has 0 atom stereocenters. The van der Waals surface area contributed by atoms with Crippen LogP contribution in [0.3, 0.4) is 0 Å². The molecule has 0 saturated heterocycles. The molecule has 0 aliphatic heterocycles. The molecule has 0 bridgehead atoms. The average Bonchev–Trinajstić information content (AvgIpc) is 3.41. The van der Waals surface area contributed by atoms with Crippen LogP contribution in [0, 0.1) is 12.8 Å². The number of aromatic amines is 1. The van der Waals surface area contributed by atoms with Gasteiger partial charge in [-0.3, -0.25) is 14.4 Å². The topological polar surface area (TPSA) is 109 Å². The predicted molar refractivity (Wildman–Crippen MR) is 105 cm³/mol. The Labute approximate surface area is 161 Å². The maximum absolute atomic E-state index is 12.5. The van der Waals surface area contributed by atoms with Crippen LogP contribution in [0.2, 0.25) is 0 Å². The fourth-order valence-corrected chi connectivity index (χ4v) is 3.06. The normalized spacial score (nSPS) is 13.5. The van der Waals surface area contributed by atoms with Crippen LogP contribution >= 0.6 is 0 Å². The van der Waals surface area contributed by atoms with Gasteiger partial charge in [0.25, 0.3) is 11.5 Å². The Hall–Kier alpha value is -3.42. The lowest BCUT2D eigenvalue weighted by Gasteiger charge is -2.09. The molecule has 3 N–H and O–H groups in total. The third kappa shape index (κ3) is 3.95. The van der Waals surface area contributed by atoms with E-state index in [-0.39, 0.29) is 18.0 Å². The second-order valence-electron chi connectivity index (χ2n) is 7.11. The number of carbonyl (C=O) groups is 2. The van der Waals surface area contributed by atoms with E-state index < -0.39 is 11.5 Å². The van der Waals surface area contributed by atoms with E-state index in [1.54, 1.807) is 18.2 Å². The third-order valence-corrected chi connectivity index (χ3v) is 4.71. The van der Waals surface area contributed by atoms with Crippen LogP contribution in [0.5, 0.6) is 0 Å². The lowest BCUT2D eigenvalue weighted by molar-refractivity contribution is -0.116. The van der Waals surface area contributed by atoms with E-state index in [0.29, 0.717) is 18.2 Å². The first kappa shape index (κ1) is 18.0. The summed E-state index contributed by atoms with van der Waals surface area (Å²) >= 11 is 0. The number of amides is 2. The number of fused-ring (bicyclic) bond motifs is 1. The van der Waals surface area contributed by atoms with Gasteiger partial charge in [0, 0.05) is 18.4 Å². The quantitative estimate of drug-likeness (QED) is 0.607. The SMILES string of the molecule is Cc1nc2ccc(NC(=O)Cn3cccc(C(=O)NCC4CC4)c3=O)cc2[nH]1. The molecule has 4 rings (SSSR count). The Balaban J connectivity index is 1.45. The van der Waals surface area contributed by atoms with Crippen LogP contribution in [-0.4, -0.2) is 32.9 Å². The van der Waals surface area contributed by atoms with Crippen molar-refractivity contribution in [1.82, 2.24) is 19.9 Å². The molecule has 3 aromatic rings. The van der Waals surface area contributed by atoms with E-state index in [2.05, 4.69) is 20.6 Å². The number of pyridine rings is 1. The van der Waals surface area contributed by atoms with E-state index in [4.69, 9.17) is 0 Å². The van der Waals surface area contributed by atoms with E-state index in [0.717, 1.165) is 29.7 Å². The van der Waals surface area contributed by atoms with Crippen molar-refractivity contribution in [1.29, 1.82) is 0 Å². The minimum absolute atomic E-state index is 0.0466. The molecule has 1 aliphatic carbocycles. The molecule has 1 saturated carbocycles. The molecule has 28 heavy (non-hydrogen) atoms. The summed E-state index contributed by atoms with van der Waals surface area (Å²) in [5, 5.41) is 5.55. The van der Waals surface area contributed by atoms with Crippen molar-refractivity contribution in [3.8, 4) is 0 Å². The number of nitrogens with one attached hydrogen (secondary N) is 3. The van der Waals surface area contributed by atoms with Crippen molar-refractivity contribution in [3.05, 3.63) is 58.3 Å². The Morgan fingerprint density at radius 1 is 1.29 bits per heavy atom. The predicted octanol–water partition coefficient (Wildman–Crippen LogP) is 1.81. The Kier molecular flexibility index (Phi) is 4.68. The standard InChI is InChI=1S/C20H21N5O3/c1-12-22-16-7-6-14(9-17(16)23-12)24-18(26)11-25-8-2-3-15(20(25)28)19(27)21-10-13-4-5-13/h2-3,6-9,13H,4-5,10-11H2,1H3,(H,21,27)(H,22,23)(H,24,26). The minimum Gasteiger partial charge on any atom is -0.352 e. The van der Waals surface area contributed by atoms with Crippen LogP contribution in [0.1, 0.15) is 29.0 Å². The number of imidazole rings is 1. The van der Waals surface area contributed by atoms with Crippen molar-refractivity contribution >= 4 is 28.5 Å². The molecule has 2 heterocycles. The number of rotatable bonds is 6. The van der Waals surface area contributed by atoms with Crippen LogP contribution < -0.4 is 16.2 Å².